The molecule has 7 nitrogen and oxygen atoms in total. The lowest BCUT2D eigenvalue weighted by Crippen LogP contribution is -2.36. The van der Waals surface area contributed by atoms with Crippen LogP contribution in [0.2, 0.25) is 0 Å². The monoisotopic (exact) mass is 420 g/mol. The molecule has 31 heavy (non-hydrogen) atoms. The molecule has 0 aliphatic carbocycles. The van der Waals surface area contributed by atoms with Gasteiger partial charge in [0.05, 0.1) is 32.4 Å². The first kappa shape index (κ1) is 20.9. The third-order valence-electron chi connectivity index (χ3n) is 5.44. The number of ether oxygens (including phenoxy) is 2. The molecule has 3 aromatic rings. The average molecular weight is 421 g/mol. The Kier molecular flexibility index (Phi) is 6.23. The number of hydrogen-bond donors (Lipinski definition) is 1. The van der Waals surface area contributed by atoms with Crippen LogP contribution >= 0.6 is 0 Å². The van der Waals surface area contributed by atoms with Gasteiger partial charge in [0.1, 0.15) is 5.75 Å². The van der Waals surface area contributed by atoms with Gasteiger partial charge in [0.15, 0.2) is 0 Å². The number of anilines is 3. The lowest BCUT2D eigenvalue weighted by Gasteiger charge is -2.29. The standard InChI is InChI=1S/C24H28N4O3/c1-17-14-23(21-15-20(30-3)8-9-22(21)25-17)27(2)16-24(29)26-18-4-6-19(7-5-18)28-10-12-31-13-11-28/h4-9,14-15H,10-13,16H2,1-3H3,(H,26,29). The first-order chi connectivity index (χ1) is 15.0. The van der Waals surface area contributed by atoms with Gasteiger partial charge in [-0.1, -0.05) is 0 Å². The highest BCUT2D eigenvalue weighted by atomic mass is 16.5. The lowest BCUT2D eigenvalue weighted by atomic mass is 10.1. The number of likely N-dealkylation sites (N-methyl/N-ethyl adjacent to an activating group) is 1. The number of aromatic nitrogens is 1. The normalized spacial score (nSPS) is 13.8. The van der Waals surface area contributed by atoms with Crippen molar-refractivity contribution in [3.05, 3.63) is 54.2 Å². The van der Waals surface area contributed by atoms with E-state index in [1.807, 2.05) is 67.4 Å². The number of fused-ring (bicyclic) bond motifs is 1. The van der Waals surface area contributed by atoms with Crippen molar-refractivity contribution in [2.75, 3.05) is 62.1 Å². The number of carbonyl (C=O) groups excluding carboxylic acids is 1. The van der Waals surface area contributed by atoms with E-state index in [4.69, 9.17) is 9.47 Å². The van der Waals surface area contributed by atoms with Gasteiger partial charge >= 0.3 is 0 Å². The van der Waals surface area contributed by atoms with E-state index in [1.54, 1.807) is 7.11 Å². The summed E-state index contributed by atoms with van der Waals surface area (Å²) in [6.45, 7) is 5.46. The molecule has 4 rings (SSSR count). The quantitative estimate of drug-likeness (QED) is 0.659. The van der Waals surface area contributed by atoms with Crippen molar-refractivity contribution < 1.29 is 14.3 Å². The SMILES string of the molecule is COc1ccc2nc(C)cc(N(C)CC(=O)Nc3ccc(N4CCOCC4)cc3)c2c1. The molecular formula is C24H28N4O3. The largest absolute Gasteiger partial charge is 0.497 e. The Balaban J connectivity index is 1.45. The Bertz CT molecular complexity index is 1060. The molecular weight excluding hydrogens is 392 g/mol. The number of methoxy groups -OCH3 is 1. The summed E-state index contributed by atoms with van der Waals surface area (Å²) in [5.41, 5.74) is 4.65. The summed E-state index contributed by atoms with van der Waals surface area (Å²) in [6.07, 6.45) is 0. The van der Waals surface area contributed by atoms with Crippen LogP contribution in [0.3, 0.4) is 0 Å². The van der Waals surface area contributed by atoms with Gasteiger partial charge in [-0.2, -0.15) is 0 Å². The minimum atomic E-state index is -0.0767. The number of amides is 1. The minimum absolute atomic E-state index is 0.0767. The van der Waals surface area contributed by atoms with Crippen LogP contribution < -0.4 is 19.9 Å². The molecule has 1 aliphatic heterocycles. The maximum absolute atomic E-state index is 12.7. The first-order valence-electron chi connectivity index (χ1n) is 10.4. The maximum atomic E-state index is 12.7. The molecule has 1 N–H and O–H groups in total. The Hall–Kier alpha value is -3.32. The predicted octanol–water partition coefficient (Wildman–Crippen LogP) is 3.46. The van der Waals surface area contributed by atoms with Crippen molar-refractivity contribution in [2.45, 2.75) is 6.92 Å². The number of aryl methyl sites for hydroxylation is 1. The smallest absolute Gasteiger partial charge is 0.243 e. The number of morpholine rings is 1. The molecule has 2 heterocycles. The van der Waals surface area contributed by atoms with Crippen LogP contribution in [0.15, 0.2) is 48.5 Å². The maximum Gasteiger partial charge on any atom is 0.243 e. The first-order valence-corrected chi connectivity index (χ1v) is 10.4. The number of pyridine rings is 1. The highest BCUT2D eigenvalue weighted by molar-refractivity contribution is 5.98. The Morgan fingerprint density at radius 2 is 1.90 bits per heavy atom. The Morgan fingerprint density at radius 3 is 2.61 bits per heavy atom. The molecule has 0 saturated carbocycles. The summed E-state index contributed by atoms with van der Waals surface area (Å²) in [5.74, 6) is 0.685. The van der Waals surface area contributed by atoms with Gasteiger partial charge in [-0.25, -0.2) is 0 Å². The molecule has 2 aromatic carbocycles. The summed E-state index contributed by atoms with van der Waals surface area (Å²) in [6, 6.07) is 15.7. The second kappa shape index (κ2) is 9.22. The van der Waals surface area contributed by atoms with Crippen molar-refractivity contribution in [1.82, 2.24) is 4.98 Å². The van der Waals surface area contributed by atoms with E-state index < -0.39 is 0 Å². The number of benzene rings is 2. The van der Waals surface area contributed by atoms with E-state index in [0.717, 1.165) is 65.7 Å². The van der Waals surface area contributed by atoms with Crippen molar-refractivity contribution in [1.29, 1.82) is 0 Å². The van der Waals surface area contributed by atoms with Gasteiger partial charge in [0.2, 0.25) is 5.91 Å². The van der Waals surface area contributed by atoms with Crippen LogP contribution in [0.1, 0.15) is 5.69 Å². The zero-order valence-corrected chi connectivity index (χ0v) is 18.2. The molecule has 1 aromatic heterocycles. The van der Waals surface area contributed by atoms with E-state index in [2.05, 4.69) is 15.2 Å². The molecule has 0 radical (unpaired) electrons. The van der Waals surface area contributed by atoms with Crippen LogP contribution in [0.25, 0.3) is 10.9 Å². The molecule has 1 saturated heterocycles. The van der Waals surface area contributed by atoms with E-state index in [1.165, 1.54) is 0 Å². The molecule has 162 valence electrons. The van der Waals surface area contributed by atoms with Crippen molar-refractivity contribution in [3.63, 3.8) is 0 Å². The number of hydrogen-bond acceptors (Lipinski definition) is 6. The van der Waals surface area contributed by atoms with Crippen LogP contribution in [-0.4, -0.2) is 57.9 Å². The lowest BCUT2D eigenvalue weighted by molar-refractivity contribution is -0.114. The second-order valence-electron chi connectivity index (χ2n) is 7.72. The summed E-state index contributed by atoms with van der Waals surface area (Å²) in [5, 5.41) is 3.95. The van der Waals surface area contributed by atoms with Gasteiger partial charge in [-0.05, 0) is 55.5 Å². The van der Waals surface area contributed by atoms with Gasteiger partial charge < -0.3 is 24.6 Å². The predicted molar refractivity (Wildman–Crippen MR) is 124 cm³/mol. The molecule has 7 heteroatoms. The van der Waals surface area contributed by atoms with E-state index in [0.29, 0.717) is 0 Å². The van der Waals surface area contributed by atoms with Crippen molar-refractivity contribution in [2.24, 2.45) is 0 Å². The Morgan fingerprint density at radius 1 is 1.16 bits per heavy atom. The Labute approximate surface area is 182 Å². The van der Waals surface area contributed by atoms with Gasteiger partial charge in [0.25, 0.3) is 0 Å². The van der Waals surface area contributed by atoms with Crippen LogP contribution in [-0.2, 0) is 9.53 Å². The van der Waals surface area contributed by atoms with E-state index in [9.17, 15) is 4.79 Å². The van der Waals surface area contributed by atoms with Crippen LogP contribution in [0.5, 0.6) is 5.75 Å². The fourth-order valence-corrected chi connectivity index (χ4v) is 3.84. The fourth-order valence-electron chi connectivity index (χ4n) is 3.84. The fraction of sp³-hybridized carbons (Fsp3) is 0.333. The topological polar surface area (TPSA) is 66.9 Å². The third kappa shape index (κ3) is 4.88. The highest BCUT2D eigenvalue weighted by Gasteiger charge is 2.14. The average Bonchev–Trinajstić information content (AvgIpc) is 2.79. The number of nitrogens with one attached hydrogen (secondary N) is 1. The van der Waals surface area contributed by atoms with E-state index >= 15 is 0 Å². The molecule has 1 amide bonds. The molecule has 0 bridgehead atoms. The van der Waals surface area contributed by atoms with Gasteiger partial charge in [0, 0.05) is 48.3 Å². The molecule has 1 aliphatic rings. The highest BCUT2D eigenvalue weighted by Crippen LogP contribution is 2.29. The zero-order chi connectivity index (χ0) is 21.8. The van der Waals surface area contributed by atoms with Crippen molar-refractivity contribution in [3.8, 4) is 5.75 Å². The second-order valence-corrected chi connectivity index (χ2v) is 7.72. The summed E-state index contributed by atoms with van der Waals surface area (Å²) in [4.78, 5) is 21.5. The third-order valence-corrected chi connectivity index (χ3v) is 5.44. The molecule has 0 unspecified atom stereocenters. The summed E-state index contributed by atoms with van der Waals surface area (Å²) >= 11 is 0. The van der Waals surface area contributed by atoms with Gasteiger partial charge in [-0.15, -0.1) is 0 Å². The van der Waals surface area contributed by atoms with Crippen molar-refractivity contribution >= 4 is 33.9 Å². The summed E-state index contributed by atoms with van der Waals surface area (Å²) in [7, 11) is 3.55. The summed E-state index contributed by atoms with van der Waals surface area (Å²) < 4.78 is 10.8. The molecule has 1 fully saturated rings. The number of carbonyl (C=O) groups is 1. The number of nitrogens with zero attached hydrogens (tertiary/aromatic N) is 3. The molecule has 0 spiro atoms. The zero-order valence-electron chi connectivity index (χ0n) is 18.2. The number of rotatable bonds is 6. The molecule has 0 atom stereocenters. The van der Waals surface area contributed by atoms with Crippen LogP contribution in [0.4, 0.5) is 17.1 Å². The minimum Gasteiger partial charge on any atom is -0.497 e. The van der Waals surface area contributed by atoms with Crippen LogP contribution in [0, 0.1) is 6.92 Å². The van der Waals surface area contributed by atoms with E-state index in [-0.39, 0.29) is 12.5 Å². The van der Waals surface area contributed by atoms with Gasteiger partial charge in [-0.3, -0.25) is 9.78 Å².